The third-order valence-electron chi connectivity index (χ3n) is 3.88. The number of nitrogens with one attached hydrogen (secondary N) is 2. The highest BCUT2D eigenvalue weighted by atomic mass is 16.7. The molecule has 4 rings (SSSR count). The highest BCUT2D eigenvalue weighted by molar-refractivity contribution is 5.45. The first kappa shape index (κ1) is 15.2. The Kier molecular flexibility index (Phi) is 4.04. The van der Waals surface area contributed by atoms with Crippen molar-refractivity contribution in [2.24, 2.45) is 0 Å². The molecule has 0 radical (unpaired) electrons. The van der Waals surface area contributed by atoms with Crippen LogP contribution >= 0.6 is 0 Å². The minimum atomic E-state index is -0.243. The van der Waals surface area contributed by atoms with Crippen molar-refractivity contribution >= 4 is 5.95 Å². The van der Waals surface area contributed by atoms with E-state index in [2.05, 4.69) is 20.5 Å². The molecule has 0 bridgehead atoms. The van der Waals surface area contributed by atoms with Gasteiger partial charge >= 0.3 is 0 Å². The van der Waals surface area contributed by atoms with Gasteiger partial charge in [0.1, 0.15) is 5.69 Å². The van der Waals surface area contributed by atoms with E-state index in [4.69, 9.17) is 9.47 Å². The van der Waals surface area contributed by atoms with Crippen molar-refractivity contribution in [1.82, 2.24) is 15.2 Å². The van der Waals surface area contributed by atoms with Crippen LogP contribution in [-0.2, 0) is 13.0 Å². The summed E-state index contributed by atoms with van der Waals surface area (Å²) in [6.45, 7) is 0.729. The summed E-state index contributed by atoms with van der Waals surface area (Å²) in [6.07, 6.45) is 0.450. The highest BCUT2D eigenvalue weighted by Crippen LogP contribution is 2.32. The third-order valence-corrected chi connectivity index (χ3v) is 3.88. The largest absolute Gasteiger partial charge is 0.454 e. The van der Waals surface area contributed by atoms with E-state index in [0.717, 1.165) is 22.6 Å². The molecule has 0 saturated heterocycles. The van der Waals surface area contributed by atoms with Gasteiger partial charge in [-0.2, -0.15) is 0 Å². The molecular weight excluding hydrogens is 320 g/mol. The normalized spacial score (nSPS) is 12.2. The molecule has 2 heterocycles. The van der Waals surface area contributed by atoms with Gasteiger partial charge in [0.25, 0.3) is 5.56 Å². The third kappa shape index (κ3) is 3.45. The maximum absolute atomic E-state index is 12.2. The van der Waals surface area contributed by atoms with Crippen molar-refractivity contribution < 1.29 is 9.47 Å². The van der Waals surface area contributed by atoms with Gasteiger partial charge in [0.05, 0.1) is 0 Å². The zero-order valence-electron chi connectivity index (χ0n) is 13.4. The number of rotatable bonds is 5. The Morgan fingerprint density at radius 1 is 1.00 bits per heavy atom. The molecule has 2 N–H and O–H groups in total. The number of H-pyrrole nitrogens is 1. The molecule has 3 aromatic rings. The van der Waals surface area contributed by atoms with Gasteiger partial charge in [-0.15, -0.1) is 10.2 Å². The first-order valence-electron chi connectivity index (χ1n) is 7.90. The zero-order chi connectivity index (χ0) is 17.1. The van der Waals surface area contributed by atoms with E-state index in [9.17, 15) is 4.79 Å². The highest BCUT2D eigenvalue weighted by Gasteiger charge is 2.13. The maximum Gasteiger partial charge on any atom is 0.274 e. The van der Waals surface area contributed by atoms with Crippen molar-refractivity contribution in [1.29, 1.82) is 0 Å². The molecule has 0 amide bonds. The Morgan fingerprint density at radius 3 is 2.68 bits per heavy atom. The summed E-state index contributed by atoms with van der Waals surface area (Å²) in [5.41, 5.74) is 2.15. The second-order valence-electron chi connectivity index (χ2n) is 5.65. The van der Waals surface area contributed by atoms with Crippen molar-refractivity contribution in [3.63, 3.8) is 0 Å². The van der Waals surface area contributed by atoms with E-state index in [1.165, 1.54) is 0 Å². The van der Waals surface area contributed by atoms with E-state index in [1.807, 2.05) is 48.5 Å². The predicted octanol–water partition coefficient (Wildman–Crippen LogP) is 2.10. The summed E-state index contributed by atoms with van der Waals surface area (Å²) in [4.78, 5) is 14.9. The summed E-state index contributed by atoms with van der Waals surface area (Å²) in [5, 5.41) is 11.2. The number of benzene rings is 2. The number of fused-ring (bicyclic) bond motifs is 1. The first-order chi connectivity index (χ1) is 12.3. The van der Waals surface area contributed by atoms with Crippen molar-refractivity contribution in [3.05, 3.63) is 75.7 Å². The Hall–Kier alpha value is -3.35. The molecule has 1 aliphatic heterocycles. The molecule has 126 valence electrons. The minimum Gasteiger partial charge on any atom is -0.454 e. The molecule has 0 aliphatic carbocycles. The lowest BCUT2D eigenvalue weighted by molar-refractivity contribution is 0.174. The van der Waals surface area contributed by atoms with Gasteiger partial charge in [0.2, 0.25) is 12.7 Å². The summed E-state index contributed by atoms with van der Waals surface area (Å²) in [5.74, 6) is 1.79. The Morgan fingerprint density at radius 2 is 1.84 bits per heavy atom. The lowest BCUT2D eigenvalue weighted by Crippen LogP contribution is -2.19. The maximum atomic E-state index is 12.2. The summed E-state index contributed by atoms with van der Waals surface area (Å²) < 4.78 is 10.6. The van der Waals surface area contributed by atoms with E-state index in [0.29, 0.717) is 24.6 Å². The molecule has 0 fully saturated rings. The van der Waals surface area contributed by atoms with Crippen LogP contribution in [0, 0.1) is 0 Å². The molecular formula is C18H16N4O3. The van der Waals surface area contributed by atoms with Crippen LogP contribution in [0.3, 0.4) is 0 Å². The van der Waals surface area contributed by atoms with Crippen LogP contribution in [0.15, 0.2) is 53.3 Å². The topological polar surface area (TPSA) is 89.1 Å². The van der Waals surface area contributed by atoms with E-state index in [1.54, 1.807) is 0 Å². The number of ether oxygens (including phenoxy) is 2. The van der Waals surface area contributed by atoms with E-state index < -0.39 is 0 Å². The van der Waals surface area contributed by atoms with Crippen LogP contribution in [0.1, 0.15) is 16.8 Å². The molecule has 1 aliphatic rings. The van der Waals surface area contributed by atoms with E-state index >= 15 is 0 Å². The molecule has 1 aromatic heterocycles. The second kappa shape index (κ2) is 6.64. The minimum absolute atomic E-state index is 0.243. The molecule has 2 aromatic carbocycles. The monoisotopic (exact) mass is 336 g/mol. The van der Waals surface area contributed by atoms with Gasteiger partial charge in [-0.3, -0.25) is 9.78 Å². The Labute approximate surface area is 143 Å². The van der Waals surface area contributed by atoms with Crippen LogP contribution in [0.25, 0.3) is 0 Å². The number of aromatic amines is 1. The number of hydrogen-bond acceptors (Lipinski definition) is 6. The van der Waals surface area contributed by atoms with Crippen molar-refractivity contribution in [2.45, 2.75) is 13.0 Å². The molecule has 0 unspecified atom stereocenters. The second-order valence-corrected chi connectivity index (χ2v) is 5.65. The lowest BCUT2D eigenvalue weighted by atomic mass is 10.1. The van der Waals surface area contributed by atoms with Crippen LogP contribution in [-0.4, -0.2) is 22.0 Å². The fraction of sp³-hybridized carbons (Fsp3) is 0.167. The van der Waals surface area contributed by atoms with Gasteiger partial charge < -0.3 is 14.8 Å². The average molecular weight is 336 g/mol. The molecule has 0 atom stereocenters. The molecule has 25 heavy (non-hydrogen) atoms. The van der Waals surface area contributed by atoms with Gasteiger partial charge in [-0.25, -0.2) is 0 Å². The predicted molar refractivity (Wildman–Crippen MR) is 91.8 cm³/mol. The standard InChI is InChI=1S/C18H16N4O3/c23-17-14(8-12-4-2-1-3-5-12)21-22-18(20-17)19-10-13-6-7-15-16(9-13)25-11-24-15/h1-7,9H,8,10-11H2,(H2,19,20,22,23). The molecule has 0 saturated carbocycles. The van der Waals surface area contributed by atoms with Gasteiger partial charge in [-0.05, 0) is 23.3 Å². The van der Waals surface area contributed by atoms with Crippen LogP contribution in [0.4, 0.5) is 5.95 Å². The summed E-state index contributed by atoms with van der Waals surface area (Å²) >= 11 is 0. The first-order valence-corrected chi connectivity index (χ1v) is 7.90. The number of nitrogens with zero attached hydrogens (tertiary/aromatic N) is 2. The Bertz CT molecular complexity index is 941. The average Bonchev–Trinajstić information content (AvgIpc) is 3.11. The van der Waals surface area contributed by atoms with Gasteiger partial charge in [0.15, 0.2) is 11.5 Å². The summed E-state index contributed by atoms with van der Waals surface area (Å²) in [6, 6.07) is 15.4. The smallest absolute Gasteiger partial charge is 0.274 e. The van der Waals surface area contributed by atoms with Crippen molar-refractivity contribution in [3.8, 4) is 11.5 Å². The number of aromatic nitrogens is 3. The quantitative estimate of drug-likeness (QED) is 0.742. The lowest BCUT2D eigenvalue weighted by Gasteiger charge is -2.06. The van der Waals surface area contributed by atoms with Crippen LogP contribution in [0.2, 0.25) is 0 Å². The number of hydrogen-bond donors (Lipinski definition) is 2. The summed E-state index contributed by atoms with van der Waals surface area (Å²) in [7, 11) is 0. The van der Waals surface area contributed by atoms with E-state index in [-0.39, 0.29) is 12.4 Å². The van der Waals surface area contributed by atoms with Crippen molar-refractivity contribution in [2.75, 3.05) is 12.1 Å². The van der Waals surface area contributed by atoms with Gasteiger partial charge in [0, 0.05) is 13.0 Å². The van der Waals surface area contributed by atoms with Crippen LogP contribution < -0.4 is 20.3 Å². The fourth-order valence-electron chi connectivity index (χ4n) is 2.58. The number of anilines is 1. The molecule has 0 spiro atoms. The SMILES string of the molecule is O=c1[nH]c(NCc2ccc3c(c2)OCO3)nnc1Cc1ccccc1. The van der Waals surface area contributed by atoms with Crippen LogP contribution in [0.5, 0.6) is 11.5 Å². The Balaban J connectivity index is 1.43. The zero-order valence-corrected chi connectivity index (χ0v) is 13.4. The molecule has 7 nitrogen and oxygen atoms in total. The molecule has 7 heteroatoms. The van der Waals surface area contributed by atoms with Gasteiger partial charge in [-0.1, -0.05) is 36.4 Å². The fourth-order valence-corrected chi connectivity index (χ4v) is 2.58.